The lowest BCUT2D eigenvalue weighted by atomic mass is 10.2. The van der Waals surface area contributed by atoms with E-state index in [1.807, 2.05) is 6.07 Å². The summed E-state index contributed by atoms with van der Waals surface area (Å²) in [6, 6.07) is 8.97. The van der Waals surface area contributed by atoms with Crippen molar-refractivity contribution in [1.29, 1.82) is 5.26 Å². The van der Waals surface area contributed by atoms with Crippen LogP contribution in [0.2, 0.25) is 0 Å². The molecule has 0 fully saturated rings. The molecule has 1 aromatic carbocycles. The van der Waals surface area contributed by atoms with Crippen molar-refractivity contribution in [2.45, 2.75) is 0 Å². The molecule has 0 aromatic heterocycles. The van der Waals surface area contributed by atoms with Crippen molar-refractivity contribution in [2.75, 3.05) is 20.5 Å². The number of hydrogen-bond acceptors (Lipinski definition) is 6. The number of hydrogen-bond donors (Lipinski definition) is 0. The summed E-state index contributed by atoms with van der Waals surface area (Å²) in [6.07, 6.45) is 1.76. The molecule has 100 valence electrons. The van der Waals surface area contributed by atoms with E-state index in [0.29, 0.717) is 16.5 Å². The third kappa shape index (κ3) is 4.00. The van der Waals surface area contributed by atoms with Crippen molar-refractivity contribution < 1.29 is 14.3 Å². The van der Waals surface area contributed by atoms with Crippen LogP contribution in [-0.2, 0) is 9.53 Å². The van der Waals surface area contributed by atoms with Crippen LogP contribution in [0.1, 0.15) is 0 Å². The van der Waals surface area contributed by atoms with Gasteiger partial charge in [0, 0.05) is 6.07 Å². The predicted molar refractivity (Wildman–Crippen MR) is 74.7 cm³/mol. The lowest BCUT2D eigenvalue weighted by molar-refractivity contribution is -0.141. The first-order valence-electron chi connectivity index (χ1n) is 5.40. The maximum Gasteiger partial charge on any atom is 0.329 e. The number of aliphatic imine (C=N–C) groups is 1. The molecule has 0 radical (unpaired) electrons. The lowest BCUT2D eigenvalue weighted by Gasteiger charge is -2.08. The van der Waals surface area contributed by atoms with Crippen molar-refractivity contribution >= 4 is 28.5 Å². The van der Waals surface area contributed by atoms with Gasteiger partial charge < -0.3 is 9.47 Å². The maximum absolute atomic E-state index is 11.5. The highest BCUT2D eigenvalue weighted by atomic mass is 32.2. The molecule has 0 saturated heterocycles. The first-order chi connectivity index (χ1) is 9.15. The summed E-state index contributed by atoms with van der Waals surface area (Å²) in [4.78, 5) is 15.8. The smallest absolute Gasteiger partial charge is 0.329 e. The summed E-state index contributed by atoms with van der Waals surface area (Å²) in [5, 5.41) is 9.43. The standard InChI is InChI=1S/C13H14N2O3S/c1-17-10-6-4-5-9(7-10)15-12(19-3)11(8-14)13(16)18-2/h4-7,11H,1-3H3. The molecule has 5 nitrogen and oxygen atoms in total. The molecule has 0 aliphatic heterocycles. The molecule has 0 spiro atoms. The van der Waals surface area contributed by atoms with E-state index >= 15 is 0 Å². The predicted octanol–water partition coefficient (Wildman–Crippen LogP) is 2.40. The summed E-state index contributed by atoms with van der Waals surface area (Å²) in [7, 11) is 2.81. The van der Waals surface area contributed by atoms with E-state index in [1.165, 1.54) is 18.9 Å². The third-order valence-corrected chi connectivity index (χ3v) is 3.06. The molecule has 0 aliphatic rings. The number of ether oxygens (including phenoxy) is 2. The number of nitrogens with zero attached hydrogens (tertiary/aromatic N) is 2. The van der Waals surface area contributed by atoms with Gasteiger partial charge in [0.15, 0.2) is 5.92 Å². The molecule has 6 heteroatoms. The molecule has 1 aromatic rings. The van der Waals surface area contributed by atoms with Gasteiger partial charge in [0.1, 0.15) is 10.8 Å². The molecule has 0 bridgehead atoms. The number of rotatable bonds is 4. The molecular weight excluding hydrogens is 264 g/mol. The fraction of sp³-hybridized carbons (Fsp3) is 0.308. The van der Waals surface area contributed by atoms with Crippen LogP contribution in [0, 0.1) is 17.2 Å². The van der Waals surface area contributed by atoms with Crippen LogP contribution in [0.4, 0.5) is 5.69 Å². The molecule has 19 heavy (non-hydrogen) atoms. The van der Waals surface area contributed by atoms with Crippen LogP contribution in [-0.4, -0.2) is 31.5 Å². The van der Waals surface area contributed by atoms with Gasteiger partial charge >= 0.3 is 5.97 Å². The molecule has 0 saturated carbocycles. The Kier molecular flexibility index (Phi) is 5.90. The molecule has 0 N–H and O–H groups in total. The van der Waals surface area contributed by atoms with E-state index in [2.05, 4.69) is 9.73 Å². The summed E-state index contributed by atoms with van der Waals surface area (Å²) in [6.45, 7) is 0. The van der Waals surface area contributed by atoms with Crippen molar-refractivity contribution in [3.8, 4) is 11.8 Å². The highest BCUT2D eigenvalue weighted by molar-refractivity contribution is 8.13. The number of esters is 1. The average Bonchev–Trinajstić information content (AvgIpc) is 2.46. The van der Waals surface area contributed by atoms with Gasteiger partial charge in [-0.3, -0.25) is 4.79 Å². The van der Waals surface area contributed by atoms with Crippen LogP contribution in [0.5, 0.6) is 5.75 Å². The van der Waals surface area contributed by atoms with Gasteiger partial charge in [0.25, 0.3) is 0 Å². The summed E-state index contributed by atoms with van der Waals surface area (Å²) in [5.41, 5.74) is 0.618. The van der Waals surface area contributed by atoms with E-state index in [-0.39, 0.29) is 0 Å². The average molecular weight is 278 g/mol. The van der Waals surface area contributed by atoms with Crippen LogP contribution in [0.25, 0.3) is 0 Å². The number of methoxy groups -OCH3 is 2. The van der Waals surface area contributed by atoms with Gasteiger partial charge in [-0.15, -0.1) is 11.8 Å². The summed E-state index contributed by atoms with van der Waals surface area (Å²) >= 11 is 1.24. The fourth-order valence-electron chi connectivity index (χ4n) is 1.36. The second-order valence-electron chi connectivity index (χ2n) is 3.44. The van der Waals surface area contributed by atoms with E-state index in [4.69, 9.17) is 10.00 Å². The van der Waals surface area contributed by atoms with Crippen LogP contribution in [0.15, 0.2) is 29.3 Å². The molecule has 0 heterocycles. The largest absolute Gasteiger partial charge is 0.497 e. The second-order valence-corrected chi connectivity index (χ2v) is 4.27. The lowest BCUT2D eigenvalue weighted by Crippen LogP contribution is -2.21. The van der Waals surface area contributed by atoms with Crippen molar-refractivity contribution in [3.63, 3.8) is 0 Å². The molecule has 0 aliphatic carbocycles. The highest BCUT2D eigenvalue weighted by Crippen LogP contribution is 2.23. The minimum absolute atomic E-state index is 0.391. The van der Waals surface area contributed by atoms with Gasteiger partial charge in [-0.1, -0.05) is 6.07 Å². The van der Waals surface area contributed by atoms with Crippen LogP contribution in [0.3, 0.4) is 0 Å². The van der Waals surface area contributed by atoms with Crippen LogP contribution >= 0.6 is 11.8 Å². The van der Waals surface area contributed by atoms with Gasteiger partial charge in [-0.05, 0) is 18.4 Å². The van der Waals surface area contributed by atoms with Crippen molar-refractivity contribution in [2.24, 2.45) is 10.9 Å². The van der Waals surface area contributed by atoms with E-state index in [1.54, 1.807) is 37.6 Å². The van der Waals surface area contributed by atoms with Gasteiger partial charge in [0.2, 0.25) is 0 Å². The van der Waals surface area contributed by atoms with E-state index in [0.717, 1.165) is 0 Å². The topological polar surface area (TPSA) is 71.7 Å². The quantitative estimate of drug-likeness (QED) is 0.480. The van der Waals surface area contributed by atoms with E-state index in [9.17, 15) is 4.79 Å². The first kappa shape index (κ1) is 15.1. The molecule has 1 rings (SSSR count). The SMILES string of the molecule is COC(=O)C(C#N)C(=Nc1cccc(OC)c1)SC. The number of benzene rings is 1. The maximum atomic E-state index is 11.5. The number of nitriles is 1. The number of carbonyl (C=O) groups is 1. The fourth-order valence-corrected chi connectivity index (χ4v) is 1.94. The number of thioether (sulfide) groups is 1. The zero-order valence-corrected chi connectivity index (χ0v) is 11.7. The Morgan fingerprint density at radius 1 is 1.47 bits per heavy atom. The van der Waals surface area contributed by atoms with Gasteiger partial charge in [-0.25, -0.2) is 4.99 Å². The zero-order chi connectivity index (χ0) is 14.3. The highest BCUT2D eigenvalue weighted by Gasteiger charge is 2.24. The monoisotopic (exact) mass is 278 g/mol. The Balaban J connectivity index is 3.10. The molecule has 1 atom stereocenters. The van der Waals surface area contributed by atoms with Gasteiger partial charge in [0.05, 0.1) is 26.0 Å². The molecule has 0 amide bonds. The second kappa shape index (κ2) is 7.44. The van der Waals surface area contributed by atoms with Crippen molar-refractivity contribution in [1.82, 2.24) is 0 Å². The Labute approximate surface area is 116 Å². The minimum atomic E-state index is -1.01. The summed E-state index contributed by atoms with van der Waals surface area (Å²) < 4.78 is 9.68. The Bertz CT molecular complexity index is 523. The Morgan fingerprint density at radius 3 is 2.74 bits per heavy atom. The summed E-state index contributed by atoms with van der Waals surface area (Å²) in [5.74, 6) is -0.960. The van der Waals surface area contributed by atoms with Crippen LogP contribution < -0.4 is 4.74 Å². The van der Waals surface area contributed by atoms with Crippen molar-refractivity contribution in [3.05, 3.63) is 24.3 Å². The number of carbonyl (C=O) groups excluding carboxylic acids is 1. The van der Waals surface area contributed by atoms with Gasteiger partial charge in [-0.2, -0.15) is 5.26 Å². The minimum Gasteiger partial charge on any atom is -0.497 e. The first-order valence-corrected chi connectivity index (χ1v) is 6.62. The zero-order valence-electron chi connectivity index (χ0n) is 10.9. The normalized spacial score (nSPS) is 12.4. The molecular formula is C13H14N2O3S. The Hall–Kier alpha value is -2.00. The Morgan fingerprint density at radius 2 is 2.21 bits per heavy atom. The van der Waals surface area contributed by atoms with E-state index < -0.39 is 11.9 Å². The molecule has 1 unspecified atom stereocenters. The third-order valence-electron chi connectivity index (χ3n) is 2.31.